The van der Waals surface area contributed by atoms with Crippen molar-refractivity contribution >= 4 is 29.3 Å². The summed E-state index contributed by atoms with van der Waals surface area (Å²) in [5, 5.41) is 14.6. The van der Waals surface area contributed by atoms with Crippen LogP contribution in [0.2, 0.25) is 0 Å². The molecule has 2 aliphatic heterocycles. The number of hydrogen-bond donors (Lipinski definition) is 4. The summed E-state index contributed by atoms with van der Waals surface area (Å²) in [7, 11) is 1.40. The van der Waals surface area contributed by atoms with Gasteiger partial charge in [0.05, 0.1) is 29.6 Å². The molecular formula is C22H30FN5O4. The first-order valence-corrected chi connectivity index (χ1v) is 10.4. The monoisotopic (exact) mass is 447 g/mol. The number of ether oxygens (including phenoxy) is 2. The Kier molecular flexibility index (Phi) is 6.08. The van der Waals surface area contributed by atoms with E-state index in [9.17, 15) is 14.0 Å². The van der Waals surface area contributed by atoms with Gasteiger partial charge in [-0.1, -0.05) is 6.92 Å². The molecule has 9 nitrogen and oxygen atoms in total. The van der Waals surface area contributed by atoms with Crippen molar-refractivity contribution in [1.82, 2.24) is 4.90 Å². The van der Waals surface area contributed by atoms with E-state index in [1.54, 1.807) is 4.90 Å². The van der Waals surface area contributed by atoms with Gasteiger partial charge in [0.25, 0.3) is 5.91 Å². The van der Waals surface area contributed by atoms with E-state index >= 15 is 0 Å². The van der Waals surface area contributed by atoms with Crippen LogP contribution in [-0.2, 0) is 9.47 Å². The maximum atomic E-state index is 14.0. The smallest absolute Gasteiger partial charge is 0.410 e. The molecule has 32 heavy (non-hydrogen) atoms. The highest BCUT2D eigenvalue weighted by atomic mass is 19.1. The summed E-state index contributed by atoms with van der Waals surface area (Å²) in [6.45, 7) is 8.32. The van der Waals surface area contributed by atoms with Gasteiger partial charge in [-0.25, -0.2) is 9.18 Å². The van der Waals surface area contributed by atoms with Gasteiger partial charge in [-0.2, -0.15) is 0 Å². The molecule has 0 unspecified atom stereocenters. The lowest BCUT2D eigenvalue weighted by Gasteiger charge is -2.41. The second-order valence-electron chi connectivity index (χ2n) is 9.30. The average Bonchev–Trinajstić information content (AvgIpc) is 3.08. The van der Waals surface area contributed by atoms with E-state index in [-0.39, 0.29) is 17.6 Å². The van der Waals surface area contributed by atoms with Gasteiger partial charge < -0.3 is 30.7 Å². The number of fused-ring (bicyclic) bond motifs is 1. The number of anilines is 2. The van der Waals surface area contributed by atoms with Crippen molar-refractivity contribution in [3.8, 4) is 0 Å². The Morgan fingerprint density at radius 2 is 1.84 bits per heavy atom. The maximum absolute atomic E-state index is 14.0. The van der Waals surface area contributed by atoms with Gasteiger partial charge in [-0.15, -0.1) is 0 Å². The van der Waals surface area contributed by atoms with Crippen molar-refractivity contribution < 1.29 is 23.5 Å². The maximum Gasteiger partial charge on any atom is 0.410 e. The van der Waals surface area contributed by atoms with Gasteiger partial charge in [0.2, 0.25) is 5.90 Å². The number of benzene rings is 1. The number of carbonyl (C=O) groups excluding carboxylic acids is 2. The Morgan fingerprint density at radius 3 is 2.38 bits per heavy atom. The standard InChI is InChI=1S/C22H30FN5O4/c1-21(2,3)32-20(30)28-8-6-22(4,7-9-28)15(18(25)31-5)19-26-14-11-12(23)10-13(17(24)29)16(14)27-19/h10-11,25-27H,6-9H2,1-5H3,(H2,24,29)/b19-15+,25-18?. The SMILES string of the molecule is COC(=N)/C(=C1/Nc2cc(F)cc(C(N)=O)c2N1)C1(C)CCN(C(=O)OC(C)(C)C)CC1. The quantitative estimate of drug-likeness (QED) is 0.414. The number of primary amides is 1. The molecular weight excluding hydrogens is 417 g/mol. The van der Waals surface area contributed by atoms with Crippen LogP contribution in [0.25, 0.3) is 0 Å². The van der Waals surface area contributed by atoms with Crippen molar-refractivity contribution in [3.05, 3.63) is 34.9 Å². The number of methoxy groups -OCH3 is 1. The Bertz CT molecular complexity index is 991. The molecule has 3 rings (SSSR count). The molecule has 0 bridgehead atoms. The van der Waals surface area contributed by atoms with E-state index < -0.39 is 22.7 Å². The predicted molar refractivity (Wildman–Crippen MR) is 119 cm³/mol. The van der Waals surface area contributed by atoms with Crippen molar-refractivity contribution in [2.75, 3.05) is 30.8 Å². The van der Waals surface area contributed by atoms with Gasteiger partial charge in [-0.05, 0) is 45.7 Å². The van der Waals surface area contributed by atoms with Gasteiger partial charge in [0.15, 0.2) is 0 Å². The fraction of sp³-hybridized carbons (Fsp3) is 0.500. The van der Waals surface area contributed by atoms with Gasteiger partial charge >= 0.3 is 6.09 Å². The highest BCUT2D eigenvalue weighted by Gasteiger charge is 2.41. The molecule has 2 aliphatic rings. The van der Waals surface area contributed by atoms with Gasteiger partial charge in [-0.3, -0.25) is 10.2 Å². The number of carbonyl (C=O) groups is 2. The number of nitrogens with two attached hydrogens (primary N) is 1. The van der Waals surface area contributed by atoms with Gasteiger partial charge in [0, 0.05) is 18.5 Å². The highest BCUT2D eigenvalue weighted by Crippen LogP contribution is 2.44. The Hall–Kier alpha value is -3.30. The molecule has 1 aromatic rings. The van der Waals surface area contributed by atoms with E-state index in [2.05, 4.69) is 10.6 Å². The number of nitrogens with one attached hydrogen (secondary N) is 3. The van der Waals surface area contributed by atoms with Gasteiger partial charge in [0.1, 0.15) is 17.2 Å². The van der Waals surface area contributed by atoms with Crippen LogP contribution in [0.4, 0.5) is 20.6 Å². The Morgan fingerprint density at radius 1 is 1.22 bits per heavy atom. The van der Waals surface area contributed by atoms with Crippen LogP contribution in [0, 0.1) is 16.6 Å². The largest absolute Gasteiger partial charge is 0.481 e. The second-order valence-corrected chi connectivity index (χ2v) is 9.30. The number of rotatable bonds is 3. The number of likely N-dealkylation sites (tertiary alicyclic amines) is 1. The second kappa shape index (κ2) is 8.33. The van der Waals surface area contributed by atoms with Crippen LogP contribution in [0.3, 0.4) is 0 Å². The highest BCUT2D eigenvalue weighted by molar-refractivity contribution is 6.05. The number of amides is 2. The van der Waals surface area contributed by atoms with Crippen molar-refractivity contribution in [3.63, 3.8) is 0 Å². The minimum atomic E-state index is -0.767. The molecule has 0 aliphatic carbocycles. The summed E-state index contributed by atoms with van der Waals surface area (Å²) in [6, 6.07) is 2.32. The average molecular weight is 448 g/mol. The third-order valence-corrected chi connectivity index (χ3v) is 5.68. The molecule has 0 saturated carbocycles. The van der Waals surface area contributed by atoms with E-state index in [4.69, 9.17) is 20.6 Å². The number of hydrogen-bond acceptors (Lipinski definition) is 7. The van der Waals surface area contributed by atoms with Crippen LogP contribution < -0.4 is 16.4 Å². The molecule has 174 valence electrons. The normalized spacial score (nSPS) is 18.8. The van der Waals surface area contributed by atoms with E-state index in [0.717, 1.165) is 6.07 Å². The van der Waals surface area contributed by atoms with Crippen molar-refractivity contribution in [1.29, 1.82) is 5.41 Å². The molecule has 1 saturated heterocycles. The zero-order chi connectivity index (χ0) is 23.8. The summed E-state index contributed by atoms with van der Waals surface area (Å²) >= 11 is 0. The molecule has 0 aromatic heterocycles. The molecule has 1 fully saturated rings. The molecule has 2 heterocycles. The van der Waals surface area contributed by atoms with Crippen LogP contribution in [0.15, 0.2) is 23.5 Å². The van der Waals surface area contributed by atoms with E-state index in [1.165, 1.54) is 13.2 Å². The third-order valence-electron chi connectivity index (χ3n) is 5.68. The molecule has 2 amide bonds. The lowest BCUT2D eigenvalue weighted by atomic mass is 9.73. The summed E-state index contributed by atoms with van der Waals surface area (Å²) in [5.41, 5.74) is 5.55. The lowest BCUT2D eigenvalue weighted by molar-refractivity contribution is 0.0149. The molecule has 0 radical (unpaired) electrons. The number of halogens is 1. The predicted octanol–water partition coefficient (Wildman–Crippen LogP) is 3.63. The van der Waals surface area contributed by atoms with Crippen LogP contribution in [0.5, 0.6) is 0 Å². The zero-order valence-corrected chi connectivity index (χ0v) is 19.0. The minimum absolute atomic E-state index is 0.00990. The van der Waals surface area contributed by atoms with Crippen LogP contribution in [0.1, 0.15) is 50.9 Å². The van der Waals surface area contributed by atoms with Crippen molar-refractivity contribution in [2.24, 2.45) is 11.1 Å². The third kappa shape index (κ3) is 4.63. The molecule has 0 spiro atoms. The topological polar surface area (TPSA) is 130 Å². The Balaban J connectivity index is 1.91. The first kappa shape index (κ1) is 23.4. The zero-order valence-electron chi connectivity index (χ0n) is 19.0. The fourth-order valence-corrected chi connectivity index (χ4v) is 4.00. The van der Waals surface area contributed by atoms with Crippen molar-refractivity contribution in [2.45, 2.75) is 46.1 Å². The first-order chi connectivity index (χ1) is 14.8. The summed E-state index contributed by atoms with van der Waals surface area (Å²) in [4.78, 5) is 25.9. The summed E-state index contributed by atoms with van der Waals surface area (Å²) in [6.07, 6.45) is 0.725. The molecule has 0 atom stereocenters. The van der Waals surface area contributed by atoms with E-state index in [1.807, 2.05) is 27.7 Å². The lowest BCUT2D eigenvalue weighted by Crippen LogP contribution is -2.46. The van der Waals surface area contributed by atoms with E-state index in [0.29, 0.717) is 48.7 Å². The number of nitrogens with zero attached hydrogens (tertiary/aromatic N) is 1. The summed E-state index contributed by atoms with van der Waals surface area (Å²) < 4.78 is 24.7. The first-order valence-electron chi connectivity index (χ1n) is 10.4. The number of piperidine rings is 1. The fourth-order valence-electron chi connectivity index (χ4n) is 4.00. The minimum Gasteiger partial charge on any atom is -0.481 e. The Labute approximate surface area is 186 Å². The van der Waals surface area contributed by atoms with Crippen LogP contribution >= 0.6 is 0 Å². The molecule has 5 N–H and O–H groups in total. The summed E-state index contributed by atoms with van der Waals surface area (Å²) in [5.74, 6) is -1.01. The molecule has 10 heteroatoms. The van der Waals surface area contributed by atoms with Crippen LogP contribution in [-0.4, -0.2) is 48.6 Å². The molecule has 1 aromatic carbocycles.